The molecule has 8 nitrogen and oxygen atoms in total. The van der Waals surface area contributed by atoms with Crippen LogP contribution >= 0.6 is 0 Å². The van der Waals surface area contributed by atoms with E-state index in [1.54, 1.807) is 30.3 Å². The van der Waals surface area contributed by atoms with E-state index in [1.807, 2.05) is 32.0 Å². The van der Waals surface area contributed by atoms with Gasteiger partial charge in [-0.15, -0.1) is 0 Å². The van der Waals surface area contributed by atoms with E-state index >= 15 is 0 Å². The van der Waals surface area contributed by atoms with Crippen molar-refractivity contribution >= 4 is 34.4 Å². The quantitative estimate of drug-likeness (QED) is 0.292. The van der Waals surface area contributed by atoms with Crippen molar-refractivity contribution in [2.75, 3.05) is 16.8 Å². The minimum atomic E-state index is -0.520. The average molecular weight is 457 g/mol. The van der Waals surface area contributed by atoms with E-state index in [-0.39, 0.29) is 17.0 Å². The van der Waals surface area contributed by atoms with Gasteiger partial charge in [0, 0.05) is 12.1 Å². The molecule has 3 aromatic rings. The van der Waals surface area contributed by atoms with Gasteiger partial charge in [-0.3, -0.25) is 19.7 Å². The maximum Gasteiger partial charge on any atom is 0.282 e. The fraction of sp³-hybridized carbons (Fsp3) is 0.154. The first-order chi connectivity index (χ1) is 16.4. The van der Waals surface area contributed by atoms with Gasteiger partial charge in [-0.1, -0.05) is 31.2 Å². The third-order valence-corrected chi connectivity index (χ3v) is 5.50. The van der Waals surface area contributed by atoms with Gasteiger partial charge in [0.25, 0.3) is 17.5 Å². The van der Waals surface area contributed by atoms with Crippen molar-refractivity contribution in [1.82, 2.24) is 0 Å². The standard InChI is InChI=1S/C26H23N3O5/c1-3-17-9-13-19(14-10-17)28-25(30)23(18-11-15-20(16-12-18)29(32)33)24(26(28)31)27-21-7-5-6-8-22(21)34-4-2/h5-16,27H,3-4H2,1-2H3. The number of imide groups is 1. The minimum Gasteiger partial charge on any atom is -0.492 e. The van der Waals surface area contributed by atoms with Gasteiger partial charge in [-0.05, 0) is 60.9 Å². The lowest BCUT2D eigenvalue weighted by Crippen LogP contribution is -2.32. The summed E-state index contributed by atoms with van der Waals surface area (Å²) in [4.78, 5) is 38.8. The summed E-state index contributed by atoms with van der Waals surface area (Å²) in [6.07, 6.45) is 0.829. The fourth-order valence-electron chi connectivity index (χ4n) is 3.76. The van der Waals surface area contributed by atoms with Gasteiger partial charge < -0.3 is 10.1 Å². The predicted molar refractivity (Wildman–Crippen MR) is 130 cm³/mol. The van der Waals surface area contributed by atoms with Crippen molar-refractivity contribution in [3.05, 3.63) is 99.7 Å². The molecule has 0 bridgehead atoms. The molecule has 0 aromatic heterocycles. The van der Waals surface area contributed by atoms with E-state index in [9.17, 15) is 19.7 Å². The van der Waals surface area contributed by atoms with Crippen LogP contribution in [0.4, 0.5) is 17.1 Å². The topological polar surface area (TPSA) is 102 Å². The number of non-ortho nitro benzene ring substituents is 1. The van der Waals surface area contributed by atoms with Gasteiger partial charge >= 0.3 is 0 Å². The number of amides is 2. The van der Waals surface area contributed by atoms with Gasteiger partial charge in [0.15, 0.2) is 0 Å². The molecular formula is C26H23N3O5. The lowest BCUT2D eigenvalue weighted by atomic mass is 10.0. The first-order valence-corrected chi connectivity index (χ1v) is 10.9. The summed E-state index contributed by atoms with van der Waals surface area (Å²) in [7, 11) is 0. The number of nitro benzene ring substituents is 1. The summed E-state index contributed by atoms with van der Waals surface area (Å²) in [6, 6.07) is 19.9. The summed E-state index contributed by atoms with van der Waals surface area (Å²) in [5, 5.41) is 14.2. The Balaban J connectivity index is 1.81. The highest BCUT2D eigenvalue weighted by atomic mass is 16.6. The molecular weight excluding hydrogens is 434 g/mol. The Labute approximate surface area is 196 Å². The smallest absolute Gasteiger partial charge is 0.282 e. The van der Waals surface area contributed by atoms with Crippen LogP contribution in [-0.2, 0) is 16.0 Å². The molecule has 1 aliphatic rings. The normalized spacial score (nSPS) is 13.4. The molecule has 0 radical (unpaired) electrons. The predicted octanol–water partition coefficient (Wildman–Crippen LogP) is 4.95. The third kappa shape index (κ3) is 4.25. The Morgan fingerprint density at radius 1 is 0.912 bits per heavy atom. The summed E-state index contributed by atoms with van der Waals surface area (Å²) >= 11 is 0. The van der Waals surface area contributed by atoms with Crippen LogP contribution in [0.3, 0.4) is 0 Å². The van der Waals surface area contributed by atoms with Crippen LogP contribution in [0.1, 0.15) is 25.0 Å². The summed E-state index contributed by atoms with van der Waals surface area (Å²) in [6.45, 7) is 4.30. The number of benzene rings is 3. The van der Waals surface area contributed by atoms with Crippen LogP contribution < -0.4 is 15.0 Å². The molecule has 34 heavy (non-hydrogen) atoms. The maximum atomic E-state index is 13.5. The Morgan fingerprint density at radius 2 is 1.59 bits per heavy atom. The number of carbonyl (C=O) groups excluding carboxylic acids is 2. The molecule has 3 aromatic carbocycles. The number of hydrogen-bond donors (Lipinski definition) is 1. The van der Waals surface area contributed by atoms with Crippen molar-refractivity contribution < 1.29 is 19.2 Å². The Bertz CT molecular complexity index is 1280. The molecule has 1 aliphatic heterocycles. The summed E-state index contributed by atoms with van der Waals surface area (Å²) in [5.74, 6) is -0.500. The molecule has 0 spiro atoms. The number of hydrogen-bond acceptors (Lipinski definition) is 6. The average Bonchev–Trinajstić information content (AvgIpc) is 3.09. The van der Waals surface area contributed by atoms with Crippen LogP contribution in [-0.4, -0.2) is 23.3 Å². The Morgan fingerprint density at radius 3 is 2.21 bits per heavy atom. The molecule has 1 N–H and O–H groups in total. The molecule has 172 valence electrons. The van der Waals surface area contributed by atoms with Gasteiger partial charge in [-0.25, -0.2) is 4.90 Å². The van der Waals surface area contributed by atoms with E-state index in [1.165, 1.54) is 24.3 Å². The zero-order valence-electron chi connectivity index (χ0n) is 18.8. The second-order valence-corrected chi connectivity index (χ2v) is 7.57. The SMILES string of the molecule is CCOc1ccccc1NC1=C(c2ccc([N+](=O)[O-])cc2)C(=O)N(c2ccc(CC)cc2)C1=O. The first-order valence-electron chi connectivity index (χ1n) is 10.9. The van der Waals surface area contributed by atoms with E-state index in [0.29, 0.717) is 29.3 Å². The fourth-order valence-corrected chi connectivity index (χ4v) is 3.76. The third-order valence-electron chi connectivity index (χ3n) is 5.50. The molecule has 2 amide bonds. The number of rotatable bonds is 8. The Hall–Kier alpha value is -4.46. The van der Waals surface area contributed by atoms with E-state index in [4.69, 9.17) is 4.74 Å². The summed E-state index contributed by atoms with van der Waals surface area (Å²) < 4.78 is 5.66. The van der Waals surface area contributed by atoms with E-state index in [0.717, 1.165) is 16.9 Å². The first kappa shape index (κ1) is 22.7. The van der Waals surface area contributed by atoms with Crippen molar-refractivity contribution in [1.29, 1.82) is 0 Å². The Kier molecular flexibility index (Phi) is 6.40. The van der Waals surface area contributed by atoms with Crippen molar-refractivity contribution in [2.45, 2.75) is 20.3 Å². The van der Waals surface area contributed by atoms with Crippen LogP contribution in [0, 0.1) is 10.1 Å². The molecule has 0 fully saturated rings. The molecule has 0 aliphatic carbocycles. The zero-order valence-corrected chi connectivity index (χ0v) is 18.8. The van der Waals surface area contributed by atoms with Crippen LogP contribution in [0.2, 0.25) is 0 Å². The largest absolute Gasteiger partial charge is 0.492 e. The van der Waals surface area contributed by atoms with Gasteiger partial charge in [0.05, 0.1) is 28.5 Å². The molecule has 0 saturated heterocycles. The lowest BCUT2D eigenvalue weighted by molar-refractivity contribution is -0.384. The highest BCUT2D eigenvalue weighted by Gasteiger charge is 2.40. The second-order valence-electron chi connectivity index (χ2n) is 7.57. The van der Waals surface area contributed by atoms with E-state index in [2.05, 4.69) is 5.32 Å². The highest BCUT2D eigenvalue weighted by Crippen LogP contribution is 2.36. The van der Waals surface area contributed by atoms with Crippen molar-refractivity contribution in [3.8, 4) is 5.75 Å². The molecule has 4 rings (SSSR count). The number of anilines is 2. The van der Waals surface area contributed by atoms with Gasteiger partial charge in [0.2, 0.25) is 0 Å². The van der Waals surface area contributed by atoms with Crippen LogP contribution in [0.15, 0.2) is 78.5 Å². The maximum absolute atomic E-state index is 13.5. The minimum absolute atomic E-state index is 0.0746. The molecule has 0 saturated carbocycles. The molecule has 0 unspecified atom stereocenters. The number of nitro groups is 1. The number of para-hydroxylation sites is 2. The highest BCUT2D eigenvalue weighted by molar-refractivity contribution is 6.46. The molecule has 0 atom stereocenters. The van der Waals surface area contributed by atoms with Crippen LogP contribution in [0.5, 0.6) is 5.75 Å². The summed E-state index contributed by atoms with van der Waals surface area (Å²) in [5.41, 5.74) is 2.55. The second kappa shape index (κ2) is 9.58. The molecule has 1 heterocycles. The number of carbonyl (C=O) groups is 2. The van der Waals surface area contributed by atoms with E-state index < -0.39 is 16.7 Å². The number of ether oxygens (including phenoxy) is 1. The van der Waals surface area contributed by atoms with Crippen LogP contribution in [0.25, 0.3) is 5.57 Å². The van der Waals surface area contributed by atoms with Crippen molar-refractivity contribution in [3.63, 3.8) is 0 Å². The lowest BCUT2D eigenvalue weighted by Gasteiger charge is -2.16. The molecule has 8 heteroatoms. The number of nitrogens with one attached hydrogen (secondary N) is 1. The van der Waals surface area contributed by atoms with Gasteiger partial charge in [0.1, 0.15) is 11.4 Å². The number of nitrogens with zero attached hydrogens (tertiary/aromatic N) is 2. The number of aryl methyl sites for hydroxylation is 1. The van der Waals surface area contributed by atoms with Crippen molar-refractivity contribution in [2.24, 2.45) is 0 Å². The van der Waals surface area contributed by atoms with Gasteiger partial charge in [-0.2, -0.15) is 0 Å². The monoisotopic (exact) mass is 457 g/mol. The zero-order chi connectivity index (χ0) is 24.2.